The maximum absolute atomic E-state index is 11.3. The largest absolute Gasteiger partial charge is 0.481 e. The average Bonchev–Trinajstić information content (AvgIpc) is 2.51. The maximum atomic E-state index is 11.3. The molecule has 1 rings (SSSR count). The van der Waals surface area contributed by atoms with Crippen LogP contribution in [0.15, 0.2) is 0 Å². The van der Waals surface area contributed by atoms with Crippen LogP contribution in [0.5, 0.6) is 0 Å². The summed E-state index contributed by atoms with van der Waals surface area (Å²) in [7, 11) is 0. The molecule has 3 nitrogen and oxygen atoms in total. The Morgan fingerprint density at radius 2 is 2.17 bits per heavy atom. The minimum atomic E-state index is -0.883. The van der Waals surface area contributed by atoms with Gasteiger partial charge in [-0.25, -0.2) is 0 Å². The van der Waals surface area contributed by atoms with Gasteiger partial charge in [-0.1, -0.05) is 0 Å². The van der Waals surface area contributed by atoms with Gasteiger partial charge in [0.05, 0.1) is 11.7 Å². The van der Waals surface area contributed by atoms with Gasteiger partial charge in [0.15, 0.2) is 0 Å². The SMILES string of the molecule is O=C(O)CCC(=O)C1CCCS1. The third-order valence-electron chi connectivity index (χ3n) is 1.87. The van der Waals surface area contributed by atoms with Crippen LogP contribution in [0, 0.1) is 0 Å². The van der Waals surface area contributed by atoms with E-state index in [0.29, 0.717) is 0 Å². The van der Waals surface area contributed by atoms with Gasteiger partial charge in [-0.05, 0) is 18.6 Å². The van der Waals surface area contributed by atoms with Crippen molar-refractivity contribution in [2.75, 3.05) is 5.75 Å². The lowest BCUT2D eigenvalue weighted by Gasteiger charge is -2.04. The summed E-state index contributed by atoms with van der Waals surface area (Å²) in [5.74, 6) is 0.273. The van der Waals surface area contributed by atoms with Crippen LogP contribution in [-0.4, -0.2) is 27.9 Å². The number of carboxylic acids is 1. The lowest BCUT2D eigenvalue weighted by molar-refractivity contribution is -0.138. The summed E-state index contributed by atoms with van der Waals surface area (Å²) in [6.07, 6.45) is 2.21. The fraction of sp³-hybridized carbons (Fsp3) is 0.750. The number of Topliss-reactive ketones (excluding diaryl/α,β-unsaturated/α-hetero) is 1. The molecule has 0 aromatic heterocycles. The number of aliphatic carboxylic acids is 1. The Morgan fingerprint density at radius 3 is 2.67 bits per heavy atom. The first-order chi connectivity index (χ1) is 5.70. The van der Waals surface area contributed by atoms with Gasteiger partial charge in [-0.3, -0.25) is 9.59 Å². The molecule has 0 aromatic rings. The second-order valence-electron chi connectivity index (χ2n) is 2.86. The van der Waals surface area contributed by atoms with E-state index >= 15 is 0 Å². The van der Waals surface area contributed by atoms with E-state index in [1.165, 1.54) is 0 Å². The van der Waals surface area contributed by atoms with Crippen LogP contribution in [0.1, 0.15) is 25.7 Å². The number of carbonyl (C=O) groups is 2. The lowest BCUT2D eigenvalue weighted by atomic mass is 10.1. The van der Waals surface area contributed by atoms with Crippen LogP contribution < -0.4 is 0 Å². The first-order valence-electron chi connectivity index (χ1n) is 4.06. The minimum absolute atomic E-state index is 0.0180. The molecule has 4 heteroatoms. The van der Waals surface area contributed by atoms with Crippen LogP contribution >= 0.6 is 11.8 Å². The van der Waals surface area contributed by atoms with Crippen LogP contribution in [0.4, 0.5) is 0 Å². The molecule has 12 heavy (non-hydrogen) atoms. The van der Waals surface area contributed by atoms with E-state index in [1.54, 1.807) is 11.8 Å². The van der Waals surface area contributed by atoms with Gasteiger partial charge in [0, 0.05) is 6.42 Å². The zero-order valence-electron chi connectivity index (χ0n) is 6.78. The highest BCUT2D eigenvalue weighted by atomic mass is 32.2. The van der Waals surface area contributed by atoms with E-state index in [1.807, 2.05) is 0 Å². The van der Waals surface area contributed by atoms with Gasteiger partial charge in [0.1, 0.15) is 5.78 Å². The van der Waals surface area contributed by atoms with Crippen LogP contribution in [-0.2, 0) is 9.59 Å². The molecule has 0 aromatic carbocycles. The van der Waals surface area contributed by atoms with Crippen molar-refractivity contribution < 1.29 is 14.7 Å². The van der Waals surface area contributed by atoms with Crippen molar-refractivity contribution in [2.45, 2.75) is 30.9 Å². The molecule has 68 valence electrons. The molecule has 1 atom stereocenters. The molecule has 1 unspecified atom stereocenters. The molecule has 0 spiro atoms. The summed E-state index contributed by atoms with van der Waals surface area (Å²) in [5.41, 5.74) is 0. The number of thioether (sulfide) groups is 1. The van der Waals surface area contributed by atoms with Crippen molar-refractivity contribution in [3.05, 3.63) is 0 Å². The van der Waals surface area contributed by atoms with Crippen LogP contribution in [0.25, 0.3) is 0 Å². The molecule has 0 bridgehead atoms. The zero-order valence-corrected chi connectivity index (χ0v) is 7.60. The zero-order chi connectivity index (χ0) is 8.97. The van der Waals surface area contributed by atoms with Crippen molar-refractivity contribution in [1.82, 2.24) is 0 Å². The first kappa shape index (κ1) is 9.58. The van der Waals surface area contributed by atoms with Gasteiger partial charge in [-0.15, -0.1) is 0 Å². The van der Waals surface area contributed by atoms with Gasteiger partial charge < -0.3 is 5.11 Å². The smallest absolute Gasteiger partial charge is 0.303 e. The second kappa shape index (κ2) is 4.50. The summed E-state index contributed by atoms with van der Waals surface area (Å²) in [5, 5.41) is 8.43. The summed E-state index contributed by atoms with van der Waals surface area (Å²) in [6.45, 7) is 0. The van der Waals surface area contributed by atoms with E-state index in [9.17, 15) is 9.59 Å². The summed E-state index contributed by atoms with van der Waals surface area (Å²) < 4.78 is 0. The fourth-order valence-electron chi connectivity index (χ4n) is 1.22. The van der Waals surface area contributed by atoms with Gasteiger partial charge >= 0.3 is 5.97 Å². The number of carboxylic acid groups (broad SMARTS) is 1. The average molecular weight is 188 g/mol. The molecule has 0 radical (unpaired) electrons. The van der Waals surface area contributed by atoms with Crippen LogP contribution in [0.3, 0.4) is 0 Å². The van der Waals surface area contributed by atoms with Crippen molar-refractivity contribution in [3.63, 3.8) is 0 Å². The lowest BCUT2D eigenvalue weighted by Crippen LogP contribution is -2.14. The van der Waals surface area contributed by atoms with E-state index in [2.05, 4.69) is 0 Å². The third-order valence-corrected chi connectivity index (χ3v) is 3.30. The quantitative estimate of drug-likeness (QED) is 0.722. The second-order valence-corrected chi connectivity index (χ2v) is 4.17. The normalized spacial score (nSPS) is 22.5. The molecule has 0 amide bonds. The Kier molecular flexibility index (Phi) is 3.59. The minimum Gasteiger partial charge on any atom is -0.481 e. The third kappa shape index (κ3) is 2.85. The Morgan fingerprint density at radius 1 is 1.42 bits per heavy atom. The Balaban J connectivity index is 2.23. The molecule has 1 aliphatic heterocycles. The number of hydrogen-bond donors (Lipinski definition) is 1. The highest BCUT2D eigenvalue weighted by Gasteiger charge is 2.23. The number of ketones is 1. The van der Waals surface area contributed by atoms with Crippen molar-refractivity contribution in [2.24, 2.45) is 0 Å². The summed E-state index contributed by atoms with van der Waals surface area (Å²) in [4.78, 5) is 21.4. The Bertz CT molecular complexity index is 185. The van der Waals surface area contributed by atoms with Crippen molar-refractivity contribution >= 4 is 23.5 Å². The number of hydrogen-bond acceptors (Lipinski definition) is 3. The van der Waals surface area contributed by atoms with Gasteiger partial charge in [0.2, 0.25) is 0 Å². The van der Waals surface area contributed by atoms with E-state index in [0.717, 1.165) is 18.6 Å². The predicted octanol–water partition coefficient (Wildman–Crippen LogP) is 1.32. The van der Waals surface area contributed by atoms with Crippen molar-refractivity contribution in [3.8, 4) is 0 Å². The highest BCUT2D eigenvalue weighted by molar-refractivity contribution is 8.00. The monoisotopic (exact) mass is 188 g/mol. The molecule has 1 aliphatic rings. The van der Waals surface area contributed by atoms with E-state index in [4.69, 9.17) is 5.11 Å². The molecule has 0 saturated carbocycles. The summed E-state index contributed by atoms with van der Waals surface area (Å²) >= 11 is 1.66. The van der Waals surface area contributed by atoms with Gasteiger partial charge in [-0.2, -0.15) is 11.8 Å². The summed E-state index contributed by atoms with van der Waals surface area (Å²) in [6, 6.07) is 0. The molecule has 1 saturated heterocycles. The standard InChI is InChI=1S/C8H12O3S/c9-6(3-4-8(10)11)7-2-1-5-12-7/h7H,1-5H2,(H,10,11). The number of carbonyl (C=O) groups excluding carboxylic acids is 1. The Labute approximate surface area is 75.5 Å². The molecule has 0 aliphatic carbocycles. The fourth-order valence-corrected chi connectivity index (χ4v) is 2.48. The van der Waals surface area contributed by atoms with Crippen molar-refractivity contribution in [1.29, 1.82) is 0 Å². The Hall–Kier alpha value is -0.510. The molecular formula is C8H12O3S. The first-order valence-corrected chi connectivity index (χ1v) is 5.11. The van der Waals surface area contributed by atoms with Gasteiger partial charge in [0.25, 0.3) is 0 Å². The molecular weight excluding hydrogens is 176 g/mol. The van der Waals surface area contributed by atoms with Crippen LogP contribution in [0.2, 0.25) is 0 Å². The number of rotatable bonds is 4. The molecule has 1 heterocycles. The topological polar surface area (TPSA) is 54.4 Å². The highest BCUT2D eigenvalue weighted by Crippen LogP contribution is 2.27. The molecule has 1 fully saturated rings. The predicted molar refractivity (Wildman–Crippen MR) is 47.4 cm³/mol. The molecule has 1 N–H and O–H groups in total. The van der Waals surface area contributed by atoms with E-state index in [-0.39, 0.29) is 23.9 Å². The maximum Gasteiger partial charge on any atom is 0.303 e. The van der Waals surface area contributed by atoms with E-state index < -0.39 is 5.97 Å².